The molecule has 1 heterocycles. The summed E-state index contributed by atoms with van der Waals surface area (Å²) < 4.78 is 0. The summed E-state index contributed by atoms with van der Waals surface area (Å²) in [6.45, 7) is 7.93. The summed E-state index contributed by atoms with van der Waals surface area (Å²) in [4.78, 5) is 2.42. The monoisotopic (exact) mass is 312 g/mol. The maximum Gasteiger partial charge on any atom is 0.169 e. The number of nitrogens with one attached hydrogen (secondary N) is 1. The van der Waals surface area contributed by atoms with Crippen molar-refractivity contribution in [1.29, 1.82) is 0 Å². The van der Waals surface area contributed by atoms with Gasteiger partial charge in [0.1, 0.15) is 0 Å². The summed E-state index contributed by atoms with van der Waals surface area (Å²) in [5, 5.41) is 4.47. The van der Waals surface area contributed by atoms with Crippen LogP contribution in [0.25, 0.3) is 0 Å². The molecular weight excluding hydrogens is 276 g/mol. The molecule has 0 radical (unpaired) electrons. The van der Waals surface area contributed by atoms with Crippen molar-refractivity contribution in [2.75, 3.05) is 6.54 Å². The zero-order chi connectivity index (χ0) is 15.5. The molecule has 1 aliphatic heterocycles. The maximum absolute atomic E-state index is 5.59. The van der Waals surface area contributed by atoms with E-state index in [0.717, 1.165) is 11.7 Å². The number of likely N-dealkylation sites (tertiary alicyclic amines) is 1. The lowest BCUT2D eigenvalue weighted by atomic mass is 9.98. The standard InChI is InChI=1S/C18H36N2S/c1-4-5-6-7-8-9-10-11-15-19-18(21)20-16(2)13-12-14-17(20)3/h16-17H,4-15H2,1-3H3,(H,19,21)/t16-,17-/m0/s1. The lowest BCUT2D eigenvalue weighted by Gasteiger charge is -2.41. The predicted molar refractivity (Wildman–Crippen MR) is 97.8 cm³/mol. The molecule has 0 saturated carbocycles. The first-order valence-electron chi connectivity index (χ1n) is 9.23. The van der Waals surface area contributed by atoms with Gasteiger partial charge in [-0.05, 0) is 51.7 Å². The van der Waals surface area contributed by atoms with Crippen molar-refractivity contribution in [2.24, 2.45) is 0 Å². The van der Waals surface area contributed by atoms with E-state index < -0.39 is 0 Å². The molecule has 124 valence electrons. The van der Waals surface area contributed by atoms with Gasteiger partial charge in [-0.2, -0.15) is 0 Å². The molecule has 0 aromatic carbocycles. The van der Waals surface area contributed by atoms with Gasteiger partial charge in [0.25, 0.3) is 0 Å². The highest BCUT2D eigenvalue weighted by Gasteiger charge is 2.26. The van der Waals surface area contributed by atoms with Crippen molar-refractivity contribution < 1.29 is 0 Å². The summed E-state index contributed by atoms with van der Waals surface area (Å²) in [6, 6.07) is 1.21. The molecule has 2 nitrogen and oxygen atoms in total. The molecule has 0 aromatic rings. The van der Waals surface area contributed by atoms with E-state index in [-0.39, 0.29) is 0 Å². The van der Waals surface area contributed by atoms with Gasteiger partial charge in [-0.3, -0.25) is 0 Å². The molecule has 3 heteroatoms. The second-order valence-corrected chi connectivity index (χ2v) is 7.13. The lowest BCUT2D eigenvalue weighted by molar-refractivity contribution is 0.189. The molecule has 0 aromatic heterocycles. The average Bonchev–Trinajstić information content (AvgIpc) is 2.45. The number of unbranched alkanes of at least 4 members (excludes halogenated alkanes) is 7. The van der Waals surface area contributed by atoms with Crippen LogP contribution in [0.4, 0.5) is 0 Å². The average molecular weight is 313 g/mol. The number of rotatable bonds is 9. The number of hydrogen-bond donors (Lipinski definition) is 1. The smallest absolute Gasteiger partial charge is 0.169 e. The van der Waals surface area contributed by atoms with Crippen molar-refractivity contribution in [3.63, 3.8) is 0 Å². The van der Waals surface area contributed by atoms with Crippen LogP contribution in [0, 0.1) is 0 Å². The van der Waals surface area contributed by atoms with Crippen molar-refractivity contribution in [1.82, 2.24) is 10.2 Å². The minimum atomic E-state index is 0.604. The van der Waals surface area contributed by atoms with Crippen LogP contribution in [-0.2, 0) is 0 Å². The molecule has 0 unspecified atom stereocenters. The zero-order valence-corrected chi connectivity index (χ0v) is 15.3. The summed E-state index contributed by atoms with van der Waals surface area (Å²) in [5.74, 6) is 0. The van der Waals surface area contributed by atoms with Gasteiger partial charge in [0.2, 0.25) is 0 Å². The molecule has 1 saturated heterocycles. The van der Waals surface area contributed by atoms with Gasteiger partial charge < -0.3 is 10.2 Å². The van der Waals surface area contributed by atoms with Crippen LogP contribution < -0.4 is 5.32 Å². The van der Waals surface area contributed by atoms with Crippen LogP contribution >= 0.6 is 12.2 Å². The largest absolute Gasteiger partial charge is 0.363 e. The second-order valence-electron chi connectivity index (χ2n) is 6.74. The Balaban J connectivity index is 2.03. The second kappa shape index (κ2) is 11.3. The third-order valence-electron chi connectivity index (χ3n) is 4.73. The Morgan fingerprint density at radius 2 is 1.48 bits per heavy atom. The first-order chi connectivity index (χ1) is 10.2. The van der Waals surface area contributed by atoms with Gasteiger partial charge >= 0.3 is 0 Å². The van der Waals surface area contributed by atoms with Crippen molar-refractivity contribution in [3.8, 4) is 0 Å². The molecule has 0 aliphatic carbocycles. The maximum atomic E-state index is 5.59. The predicted octanol–water partition coefficient (Wildman–Crippen LogP) is 5.26. The lowest BCUT2D eigenvalue weighted by Crippen LogP contribution is -2.51. The Hall–Kier alpha value is -0.310. The fraction of sp³-hybridized carbons (Fsp3) is 0.944. The van der Waals surface area contributed by atoms with E-state index in [0.29, 0.717) is 12.1 Å². The molecule has 0 bridgehead atoms. The Morgan fingerprint density at radius 3 is 2.05 bits per heavy atom. The minimum absolute atomic E-state index is 0.604. The van der Waals surface area contributed by atoms with E-state index in [1.54, 1.807) is 0 Å². The minimum Gasteiger partial charge on any atom is -0.363 e. The van der Waals surface area contributed by atoms with Crippen LogP contribution in [0.3, 0.4) is 0 Å². The van der Waals surface area contributed by atoms with Crippen LogP contribution in [0.1, 0.15) is 91.4 Å². The third kappa shape index (κ3) is 7.49. The van der Waals surface area contributed by atoms with Gasteiger partial charge in [0.05, 0.1) is 0 Å². The number of nitrogens with zero attached hydrogens (tertiary/aromatic N) is 1. The van der Waals surface area contributed by atoms with Gasteiger partial charge in [0, 0.05) is 18.6 Å². The van der Waals surface area contributed by atoms with Gasteiger partial charge in [-0.25, -0.2) is 0 Å². The number of hydrogen-bond acceptors (Lipinski definition) is 1. The number of thiocarbonyl (C=S) groups is 1. The molecule has 1 aliphatic rings. The number of piperidine rings is 1. The highest BCUT2D eigenvalue weighted by atomic mass is 32.1. The third-order valence-corrected chi connectivity index (χ3v) is 5.09. The van der Waals surface area contributed by atoms with E-state index in [1.165, 1.54) is 70.6 Å². The van der Waals surface area contributed by atoms with Crippen molar-refractivity contribution in [2.45, 2.75) is 103 Å². The summed E-state index contributed by atoms with van der Waals surface area (Å²) >= 11 is 5.59. The summed E-state index contributed by atoms with van der Waals surface area (Å²) in [7, 11) is 0. The molecular formula is C18H36N2S. The summed E-state index contributed by atoms with van der Waals surface area (Å²) in [6.07, 6.45) is 14.9. The SMILES string of the molecule is CCCCCCCCCCNC(=S)N1[C@@H](C)CCC[C@@H]1C. The first-order valence-corrected chi connectivity index (χ1v) is 9.63. The zero-order valence-electron chi connectivity index (χ0n) is 14.5. The topological polar surface area (TPSA) is 15.3 Å². The van der Waals surface area contributed by atoms with E-state index >= 15 is 0 Å². The van der Waals surface area contributed by atoms with E-state index in [1.807, 2.05) is 0 Å². The molecule has 1 fully saturated rings. The molecule has 1 N–H and O–H groups in total. The molecule has 0 spiro atoms. The fourth-order valence-corrected chi connectivity index (χ4v) is 3.83. The van der Waals surface area contributed by atoms with Gasteiger partial charge in [-0.15, -0.1) is 0 Å². The normalized spacial score (nSPS) is 22.3. The van der Waals surface area contributed by atoms with E-state index in [2.05, 4.69) is 31.0 Å². The Bertz CT molecular complexity index is 270. The fourth-order valence-electron chi connectivity index (χ4n) is 3.37. The summed E-state index contributed by atoms with van der Waals surface area (Å²) in [5.41, 5.74) is 0. The van der Waals surface area contributed by atoms with Gasteiger partial charge in [-0.1, -0.05) is 51.9 Å². The Kier molecular flexibility index (Phi) is 10.1. The van der Waals surface area contributed by atoms with Crippen LogP contribution in [0.15, 0.2) is 0 Å². The Labute approximate surface area is 138 Å². The van der Waals surface area contributed by atoms with Crippen LogP contribution in [0.5, 0.6) is 0 Å². The van der Waals surface area contributed by atoms with E-state index in [9.17, 15) is 0 Å². The Morgan fingerprint density at radius 1 is 0.952 bits per heavy atom. The molecule has 0 amide bonds. The highest BCUT2D eigenvalue weighted by Crippen LogP contribution is 2.22. The van der Waals surface area contributed by atoms with Gasteiger partial charge in [0.15, 0.2) is 5.11 Å². The van der Waals surface area contributed by atoms with Crippen LogP contribution in [0.2, 0.25) is 0 Å². The first kappa shape index (κ1) is 18.7. The quantitative estimate of drug-likeness (QED) is 0.461. The van der Waals surface area contributed by atoms with E-state index in [4.69, 9.17) is 12.2 Å². The highest BCUT2D eigenvalue weighted by molar-refractivity contribution is 7.80. The molecule has 2 atom stereocenters. The van der Waals surface area contributed by atoms with Crippen LogP contribution in [-0.4, -0.2) is 28.6 Å². The van der Waals surface area contributed by atoms with Crippen molar-refractivity contribution in [3.05, 3.63) is 0 Å². The molecule has 1 rings (SSSR count). The van der Waals surface area contributed by atoms with Crippen molar-refractivity contribution >= 4 is 17.3 Å². The molecule has 21 heavy (non-hydrogen) atoms.